The Balaban J connectivity index is 2.05. The molecule has 1 nitrogen and oxygen atoms in total. The van der Waals surface area contributed by atoms with Crippen LogP contribution < -0.4 is 5.32 Å². The Morgan fingerprint density at radius 3 is 3.00 bits per heavy atom. The van der Waals surface area contributed by atoms with Gasteiger partial charge in [0.15, 0.2) is 0 Å². The maximum Gasteiger partial charge on any atom is 0.141 e. The second-order valence-corrected chi connectivity index (χ2v) is 4.89. The molecule has 1 fully saturated rings. The number of benzene rings is 1. The maximum atomic E-state index is 12.8. The van der Waals surface area contributed by atoms with Gasteiger partial charge in [-0.2, -0.15) is 11.8 Å². The van der Waals surface area contributed by atoms with Crippen LogP contribution in [0.15, 0.2) is 18.2 Å². The predicted molar refractivity (Wildman–Crippen MR) is 60.8 cm³/mol. The molecule has 0 aromatic heterocycles. The number of halogens is 2. The molecule has 1 heterocycles. The van der Waals surface area contributed by atoms with Crippen molar-refractivity contribution < 1.29 is 4.39 Å². The molecule has 1 aromatic carbocycles. The van der Waals surface area contributed by atoms with Crippen molar-refractivity contribution in [2.75, 3.05) is 16.8 Å². The summed E-state index contributed by atoms with van der Waals surface area (Å²) in [6.07, 6.45) is 1.17. The standard InChI is InChI=1S/C10H11ClFNS/c11-9-5-7(1-2-10(9)12)13-8-3-4-14-6-8/h1-2,5,8,13H,3-4,6H2. The summed E-state index contributed by atoms with van der Waals surface area (Å²) in [5.41, 5.74) is 0.906. The third-order valence-corrected chi connectivity index (χ3v) is 3.67. The van der Waals surface area contributed by atoms with Crippen LogP contribution in [0.3, 0.4) is 0 Å². The van der Waals surface area contributed by atoms with Crippen LogP contribution in [-0.2, 0) is 0 Å². The van der Waals surface area contributed by atoms with Gasteiger partial charge in [-0.15, -0.1) is 0 Å². The Morgan fingerprint density at radius 1 is 1.50 bits per heavy atom. The number of anilines is 1. The van der Waals surface area contributed by atoms with Gasteiger partial charge in [0.05, 0.1) is 5.02 Å². The van der Waals surface area contributed by atoms with Crippen LogP contribution in [0.4, 0.5) is 10.1 Å². The normalized spacial score (nSPS) is 21.1. The highest BCUT2D eigenvalue weighted by Gasteiger charge is 2.15. The summed E-state index contributed by atoms with van der Waals surface area (Å²) in [4.78, 5) is 0. The summed E-state index contributed by atoms with van der Waals surface area (Å²) < 4.78 is 12.8. The Labute approximate surface area is 92.0 Å². The molecular formula is C10H11ClFNS. The van der Waals surface area contributed by atoms with Gasteiger partial charge in [0, 0.05) is 17.5 Å². The van der Waals surface area contributed by atoms with E-state index in [4.69, 9.17) is 11.6 Å². The van der Waals surface area contributed by atoms with Crippen molar-refractivity contribution in [3.63, 3.8) is 0 Å². The van der Waals surface area contributed by atoms with Crippen molar-refractivity contribution in [2.24, 2.45) is 0 Å². The van der Waals surface area contributed by atoms with Gasteiger partial charge < -0.3 is 5.32 Å². The first-order chi connectivity index (χ1) is 6.75. The van der Waals surface area contributed by atoms with Crippen LogP contribution in [0, 0.1) is 5.82 Å². The van der Waals surface area contributed by atoms with E-state index in [9.17, 15) is 4.39 Å². The third-order valence-electron chi connectivity index (χ3n) is 2.22. The predicted octanol–water partition coefficient (Wildman–Crippen LogP) is 3.40. The molecule has 76 valence electrons. The third kappa shape index (κ3) is 2.34. The van der Waals surface area contributed by atoms with Crippen molar-refractivity contribution in [2.45, 2.75) is 12.5 Å². The van der Waals surface area contributed by atoms with E-state index in [1.165, 1.54) is 18.2 Å². The van der Waals surface area contributed by atoms with Crippen LogP contribution in [-0.4, -0.2) is 17.5 Å². The quantitative estimate of drug-likeness (QED) is 0.838. The Bertz CT molecular complexity index is 326. The lowest BCUT2D eigenvalue weighted by Crippen LogP contribution is -2.17. The number of hydrogen-bond donors (Lipinski definition) is 1. The fourth-order valence-electron chi connectivity index (χ4n) is 1.47. The lowest BCUT2D eigenvalue weighted by molar-refractivity contribution is 0.628. The van der Waals surface area contributed by atoms with Crippen molar-refractivity contribution >= 4 is 29.1 Å². The fraction of sp³-hybridized carbons (Fsp3) is 0.400. The monoisotopic (exact) mass is 231 g/mol. The first kappa shape index (κ1) is 10.1. The summed E-state index contributed by atoms with van der Waals surface area (Å²) in [5, 5.41) is 3.52. The van der Waals surface area contributed by atoms with E-state index in [1.54, 1.807) is 12.1 Å². The van der Waals surface area contributed by atoms with Gasteiger partial charge in [0.25, 0.3) is 0 Å². The molecule has 1 aliphatic rings. The molecule has 0 spiro atoms. The molecule has 0 bridgehead atoms. The van der Waals surface area contributed by atoms with Gasteiger partial charge in [-0.1, -0.05) is 11.6 Å². The van der Waals surface area contributed by atoms with Gasteiger partial charge in [0.1, 0.15) is 5.82 Å². The highest BCUT2D eigenvalue weighted by molar-refractivity contribution is 7.99. The van der Waals surface area contributed by atoms with E-state index < -0.39 is 0 Å². The zero-order valence-electron chi connectivity index (χ0n) is 7.59. The molecule has 0 saturated carbocycles. The molecule has 0 aliphatic carbocycles. The SMILES string of the molecule is Fc1ccc(NC2CCSC2)cc1Cl. The summed E-state index contributed by atoms with van der Waals surface area (Å²) in [5.74, 6) is 1.96. The summed E-state index contributed by atoms with van der Waals surface area (Å²) in [7, 11) is 0. The zero-order chi connectivity index (χ0) is 9.97. The molecule has 4 heteroatoms. The van der Waals surface area contributed by atoms with Crippen LogP contribution in [0.5, 0.6) is 0 Å². The molecule has 1 aliphatic heterocycles. The van der Waals surface area contributed by atoms with Crippen molar-refractivity contribution in [3.05, 3.63) is 29.0 Å². The van der Waals surface area contributed by atoms with Gasteiger partial charge in [-0.05, 0) is 30.4 Å². The van der Waals surface area contributed by atoms with Crippen LogP contribution >= 0.6 is 23.4 Å². The van der Waals surface area contributed by atoms with Crippen LogP contribution in [0.1, 0.15) is 6.42 Å². The highest BCUT2D eigenvalue weighted by Crippen LogP contribution is 2.24. The van der Waals surface area contributed by atoms with Gasteiger partial charge in [0.2, 0.25) is 0 Å². The van der Waals surface area contributed by atoms with Gasteiger partial charge in [-0.25, -0.2) is 4.39 Å². The van der Waals surface area contributed by atoms with Gasteiger partial charge in [-0.3, -0.25) is 0 Å². The van der Waals surface area contributed by atoms with Crippen molar-refractivity contribution in [1.29, 1.82) is 0 Å². The fourth-order valence-corrected chi connectivity index (χ4v) is 2.80. The summed E-state index contributed by atoms with van der Waals surface area (Å²) in [6, 6.07) is 5.26. The van der Waals surface area contributed by atoms with Gasteiger partial charge >= 0.3 is 0 Å². The van der Waals surface area contributed by atoms with E-state index in [0.717, 1.165) is 11.4 Å². The van der Waals surface area contributed by atoms with E-state index in [1.807, 2.05) is 11.8 Å². The molecular weight excluding hydrogens is 221 g/mol. The van der Waals surface area contributed by atoms with E-state index in [2.05, 4.69) is 5.32 Å². The first-order valence-corrected chi connectivity index (χ1v) is 6.08. The number of thioether (sulfide) groups is 1. The number of nitrogens with one attached hydrogen (secondary N) is 1. The molecule has 1 unspecified atom stereocenters. The lowest BCUT2D eigenvalue weighted by Gasteiger charge is -2.12. The smallest absolute Gasteiger partial charge is 0.141 e. The molecule has 14 heavy (non-hydrogen) atoms. The second kappa shape index (κ2) is 4.41. The first-order valence-electron chi connectivity index (χ1n) is 4.55. The van der Waals surface area contributed by atoms with E-state index in [-0.39, 0.29) is 10.8 Å². The molecule has 2 rings (SSSR count). The largest absolute Gasteiger partial charge is 0.381 e. The molecule has 1 atom stereocenters. The molecule has 0 radical (unpaired) electrons. The summed E-state index contributed by atoms with van der Waals surface area (Å²) in [6.45, 7) is 0. The average Bonchev–Trinajstić information content (AvgIpc) is 2.64. The van der Waals surface area contributed by atoms with Crippen LogP contribution in [0.2, 0.25) is 5.02 Å². The molecule has 1 aromatic rings. The van der Waals surface area contributed by atoms with E-state index in [0.29, 0.717) is 6.04 Å². The Kier molecular flexibility index (Phi) is 3.19. The number of hydrogen-bond acceptors (Lipinski definition) is 2. The lowest BCUT2D eigenvalue weighted by atomic mass is 10.2. The Hall–Kier alpha value is -0.410. The topological polar surface area (TPSA) is 12.0 Å². The molecule has 1 N–H and O–H groups in total. The molecule has 0 amide bonds. The highest BCUT2D eigenvalue weighted by atomic mass is 35.5. The van der Waals surface area contributed by atoms with Crippen molar-refractivity contribution in [3.8, 4) is 0 Å². The van der Waals surface area contributed by atoms with E-state index >= 15 is 0 Å². The molecule has 1 saturated heterocycles. The summed E-state index contributed by atoms with van der Waals surface area (Å²) >= 11 is 7.62. The van der Waals surface area contributed by atoms with Crippen molar-refractivity contribution in [1.82, 2.24) is 0 Å². The number of rotatable bonds is 2. The Morgan fingerprint density at radius 2 is 2.36 bits per heavy atom. The zero-order valence-corrected chi connectivity index (χ0v) is 9.17. The maximum absolute atomic E-state index is 12.8. The minimum atomic E-state index is -0.363. The van der Waals surface area contributed by atoms with Crippen LogP contribution in [0.25, 0.3) is 0 Å². The second-order valence-electron chi connectivity index (χ2n) is 3.33. The minimum Gasteiger partial charge on any atom is -0.381 e. The minimum absolute atomic E-state index is 0.181. The average molecular weight is 232 g/mol.